The molecule has 34 heavy (non-hydrogen) atoms. The Labute approximate surface area is 206 Å². The van der Waals surface area contributed by atoms with Crippen LogP contribution in [0.1, 0.15) is 0 Å². The standard InChI is InChI=1S/C21H18Cl2FN3O5S2/c1-33(29,30)27(17-8-11-20(24)19(23)12-17)13-21(28)25-15-6-9-18(10-7-15)34(31,32)26-16-4-2-14(22)3-5-16/h2-12,26H,13H2,1H3,(H,25,28). The van der Waals surface area contributed by atoms with E-state index in [1.54, 1.807) is 0 Å². The first-order valence-electron chi connectivity index (χ1n) is 9.46. The number of anilines is 3. The van der Waals surface area contributed by atoms with Crippen LogP contribution >= 0.6 is 23.2 Å². The third kappa shape index (κ3) is 6.60. The lowest BCUT2D eigenvalue weighted by atomic mass is 10.3. The van der Waals surface area contributed by atoms with Gasteiger partial charge in [0, 0.05) is 16.4 Å². The molecule has 0 bridgehead atoms. The fourth-order valence-corrected chi connectivity index (χ4v) is 5.03. The molecule has 3 aromatic carbocycles. The summed E-state index contributed by atoms with van der Waals surface area (Å²) in [6.45, 7) is -0.612. The minimum atomic E-state index is -3.90. The Kier molecular flexibility index (Phi) is 7.71. The zero-order valence-electron chi connectivity index (χ0n) is 17.5. The van der Waals surface area contributed by atoms with Gasteiger partial charge in [0.1, 0.15) is 12.4 Å². The van der Waals surface area contributed by atoms with Gasteiger partial charge in [0.2, 0.25) is 15.9 Å². The predicted molar refractivity (Wildman–Crippen MR) is 131 cm³/mol. The average molecular weight is 546 g/mol. The zero-order valence-corrected chi connectivity index (χ0v) is 20.6. The first-order valence-corrected chi connectivity index (χ1v) is 13.5. The van der Waals surface area contributed by atoms with Crippen LogP contribution < -0.4 is 14.3 Å². The van der Waals surface area contributed by atoms with Crippen LogP contribution in [0.2, 0.25) is 10.0 Å². The van der Waals surface area contributed by atoms with Crippen molar-refractivity contribution in [2.24, 2.45) is 0 Å². The van der Waals surface area contributed by atoms with E-state index in [0.717, 1.165) is 22.7 Å². The fourth-order valence-electron chi connectivity index (χ4n) is 2.82. The number of carbonyl (C=O) groups is 1. The van der Waals surface area contributed by atoms with Crippen molar-refractivity contribution in [1.29, 1.82) is 0 Å². The molecule has 0 heterocycles. The highest BCUT2D eigenvalue weighted by molar-refractivity contribution is 7.92. The summed E-state index contributed by atoms with van der Waals surface area (Å²) in [6, 6.07) is 14.6. The molecule has 0 aliphatic rings. The van der Waals surface area contributed by atoms with E-state index in [-0.39, 0.29) is 21.3 Å². The summed E-state index contributed by atoms with van der Waals surface area (Å²) in [6.07, 6.45) is 0.894. The van der Waals surface area contributed by atoms with Gasteiger partial charge in [0.05, 0.1) is 21.9 Å². The number of benzene rings is 3. The minimum absolute atomic E-state index is 0.0127. The van der Waals surface area contributed by atoms with E-state index in [0.29, 0.717) is 10.7 Å². The van der Waals surface area contributed by atoms with Crippen LogP contribution in [-0.2, 0) is 24.8 Å². The third-order valence-electron chi connectivity index (χ3n) is 4.42. The Morgan fingerprint density at radius 2 is 1.50 bits per heavy atom. The molecule has 0 unspecified atom stereocenters. The Bertz CT molecular complexity index is 1420. The highest BCUT2D eigenvalue weighted by Crippen LogP contribution is 2.25. The molecule has 0 radical (unpaired) electrons. The molecule has 3 rings (SSSR count). The molecule has 180 valence electrons. The normalized spacial score (nSPS) is 11.6. The summed E-state index contributed by atoms with van der Waals surface area (Å²) in [7, 11) is -7.79. The van der Waals surface area contributed by atoms with E-state index >= 15 is 0 Å². The second-order valence-electron chi connectivity index (χ2n) is 7.05. The molecule has 0 aromatic heterocycles. The van der Waals surface area contributed by atoms with Crippen molar-refractivity contribution in [2.75, 3.05) is 27.1 Å². The molecule has 13 heteroatoms. The molecule has 0 atom stereocenters. The maximum Gasteiger partial charge on any atom is 0.261 e. The van der Waals surface area contributed by atoms with E-state index in [4.69, 9.17) is 23.2 Å². The van der Waals surface area contributed by atoms with E-state index in [1.165, 1.54) is 54.6 Å². The van der Waals surface area contributed by atoms with Crippen LogP contribution in [0.15, 0.2) is 71.6 Å². The number of amides is 1. The summed E-state index contributed by atoms with van der Waals surface area (Å²) < 4.78 is 66.0. The van der Waals surface area contributed by atoms with E-state index in [2.05, 4.69) is 10.0 Å². The molecule has 8 nitrogen and oxygen atoms in total. The maximum atomic E-state index is 13.4. The SMILES string of the molecule is CS(=O)(=O)N(CC(=O)Nc1ccc(S(=O)(=O)Nc2ccc(Cl)cc2)cc1)c1ccc(F)c(Cl)c1. The van der Waals surface area contributed by atoms with Crippen molar-refractivity contribution in [3.8, 4) is 0 Å². The molecule has 0 saturated carbocycles. The number of rotatable bonds is 8. The number of nitrogens with one attached hydrogen (secondary N) is 2. The summed E-state index contributed by atoms with van der Waals surface area (Å²) in [4.78, 5) is 12.4. The second kappa shape index (κ2) is 10.2. The number of halogens is 3. The summed E-state index contributed by atoms with van der Waals surface area (Å²) >= 11 is 11.5. The molecular weight excluding hydrogens is 528 g/mol. The van der Waals surface area contributed by atoms with Crippen LogP contribution in [0.5, 0.6) is 0 Å². The average Bonchev–Trinajstić information content (AvgIpc) is 2.75. The van der Waals surface area contributed by atoms with E-state index in [1.807, 2.05) is 0 Å². The topological polar surface area (TPSA) is 113 Å². The molecule has 0 aliphatic carbocycles. The van der Waals surface area contributed by atoms with Gasteiger partial charge in [0.15, 0.2) is 0 Å². The van der Waals surface area contributed by atoms with Gasteiger partial charge in [-0.15, -0.1) is 0 Å². The van der Waals surface area contributed by atoms with Crippen molar-refractivity contribution in [2.45, 2.75) is 4.90 Å². The number of sulfonamides is 2. The van der Waals surface area contributed by atoms with Gasteiger partial charge in [-0.2, -0.15) is 0 Å². The number of hydrogen-bond donors (Lipinski definition) is 2. The van der Waals surface area contributed by atoms with Crippen LogP contribution in [-0.4, -0.2) is 35.5 Å². The van der Waals surface area contributed by atoms with E-state index < -0.39 is 38.3 Å². The molecule has 1 amide bonds. The fraction of sp³-hybridized carbons (Fsp3) is 0.0952. The van der Waals surface area contributed by atoms with Crippen molar-refractivity contribution in [3.05, 3.63) is 82.6 Å². The lowest BCUT2D eigenvalue weighted by Crippen LogP contribution is -2.37. The summed E-state index contributed by atoms with van der Waals surface area (Å²) in [5.74, 6) is -1.44. The van der Waals surface area contributed by atoms with Crippen LogP contribution in [0.4, 0.5) is 21.5 Å². The van der Waals surface area contributed by atoms with E-state index in [9.17, 15) is 26.0 Å². The first kappa shape index (κ1) is 25.8. The summed E-state index contributed by atoms with van der Waals surface area (Å²) in [5.41, 5.74) is 0.573. The molecule has 2 N–H and O–H groups in total. The van der Waals surface area contributed by atoms with Gasteiger partial charge < -0.3 is 5.32 Å². The summed E-state index contributed by atoms with van der Waals surface area (Å²) in [5, 5.41) is 2.66. The highest BCUT2D eigenvalue weighted by atomic mass is 35.5. The molecule has 3 aromatic rings. The number of hydrogen-bond acceptors (Lipinski definition) is 5. The third-order valence-corrected chi connectivity index (χ3v) is 7.50. The van der Waals surface area contributed by atoms with Crippen molar-refractivity contribution < 1.29 is 26.0 Å². The Balaban J connectivity index is 1.71. The monoisotopic (exact) mass is 545 g/mol. The molecule has 0 spiro atoms. The number of carbonyl (C=O) groups excluding carboxylic acids is 1. The first-order chi connectivity index (χ1) is 15.8. The molecule has 0 aliphatic heterocycles. The maximum absolute atomic E-state index is 13.4. The lowest BCUT2D eigenvalue weighted by molar-refractivity contribution is -0.114. The van der Waals surface area contributed by atoms with Crippen LogP contribution in [0, 0.1) is 5.82 Å². The van der Waals surface area contributed by atoms with Crippen molar-refractivity contribution >= 4 is 66.2 Å². The Morgan fingerprint density at radius 3 is 2.06 bits per heavy atom. The van der Waals surface area contributed by atoms with Crippen LogP contribution in [0.25, 0.3) is 0 Å². The van der Waals surface area contributed by atoms with Gasteiger partial charge in [0.25, 0.3) is 10.0 Å². The van der Waals surface area contributed by atoms with Gasteiger partial charge in [-0.3, -0.25) is 13.8 Å². The predicted octanol–water partition coefficient (Wildman–Crippen LogP) is 4.34. The quantitative estimate of drug-likeness (QED) is 0.437. The largest absolute Gasteiger partial charge is 0.325 e. The molecule has 0 saturated heterocycles. The smallest absolute Gasteiger partial charge is 0.261 e. The van der Waals surface area contributed by atoms with Gasteiger partial charge in [-0.25, -0.2) is 21.2 Å². The van der Waals surface area contributed by atoms with Crippen molar-refractivity contribution in [1.82, 2.24) is 0 Å². The zero-order chi connectivity index (χ0) is 25.1. The number of nitrogens with zero attached hydrogens (tertiary/aromatic N) is 1. The van der Waals surface area contributed by atoms with Crippen LogP contribution in [0.3, 0.4) is 0 Å². The molecular formula is C21H18Cl2FN3O5S2. The lowest BCUT2D eigenvalue weighted by Gasteiger charge is -2.22. The molecule has 0 fully saturated rings. The van der Waals surface area contributed by atoms with Gasteiger partial charge in [-0.05, 0) is 66.7 Å². The van der Waals surface area contributed by atoms with Crippen molar-refractivity contribution in [3.63, 3.8) is 0 Å². The van der Waals surface area contributed by atoms with Gasteiger partial charge >= 0.3 is 0 Å². The Morgan fingerprint density at radius 1 is 0.912 bits per heavy atom. The highest BCUT2D eigenvalue weighted by Gasteiger charge is 2.22. The second-order valence-corrected chi connectivity index (χ2v) is 11.5. The Hall–Kier alpha value is -2.86. The minimum Gasteiger partial charge on any atom is -0.325 e. The van der Waals surface area contributed by atoms with Gasteiger partial charge in [-0.1, -0.05) is 23.2 Å².